The van der Waals surface area contributed by atoms with E-state index in [1.165, 1.54) is 0 Å². The Balaban J connectivity index is 2.28. The van der Waals surface area contributed by atoms with E-state index in [2.05, 4.69) is 0 Å². The summed E-state index contributed by atoms with van der Waals surface area (Å²) in [4.78, 5) is 11.6. The Morgan fingerprint density at radius 3 is 2.88 bits per heavy atom. The Kier molecular flexibility index (Phi) is 2.95. The number of benzene rings is 1. The monoisotopic (exact) mass is 218 g/mol. The number of carbonyl (C=O) groups excluding carboxylic acids is 1. The van der Waals surface area contributed by atoms with E-state index < -0.39 is 0 Å². The molecule has 1 aromatic carbocycles. The molecule has 3 nitrogen and oxygen atoms in total. The lowest BCUT2D eigenvalue weighted by Gasteiger charge is -2.10. The van der Waals surface area contributed by atoms with Crippen molar-refractivity contribution in [2.75, 3.05) is 6.61 Å². The first-order chi connectivity index (χ1) is 7.72. The van der Waals surface area contributed by atoms with Crippen molar-refractivity contribution < 1.29 is 13.9 Å². The van der Waals surface area contributed by atoms with Gasteiger partial charge in [-0.2, -0.15) is 0 Å². The summed E-state index contributed by atoms with van der Waals surface area (Å²) in [6.45, 7) is 4.07. The van der Waals surface area contributed by atoms with Crippen molar-refractivity contribution in [3.8, 4) is 0 Å². The predicted molar refractivity (Wildman–Crippen MR) is 61.3 cm³/mol. The highest BCUT2D eigenvalue weighted by atomic mass is 16.5. The van der Waals surface area contributed by atoms with Gasteiger partial charge in [-0.15, -0.1) is 0 Å². The van der Waals surface area contributed by atoms with Gasteiger partial charge in [0.05, 0.1) is 25.1 Å². The minimum absolute atomic E-state index is 0.189. The Morgan fingerprint density at radius 2 is 2.12 bits per heavy atom. The van der Waals surface area contributed by atoms with Crippen LogP contribution in [0.25, 0.3) is 10.8 Å². The molecule has 0 fully saturated rings. The summed E-state index contributed by atoms with van der Waals surface area (Å²) < 4.78 is 10.1. The fourth-order valence-electron chi connectivity index (χ4n) is 1.66. The quantitative estimate of drug-likeness (QED) is 0.743. The topological polar surface area (TPSA) is 39.4 Å². The van der Waals surface area contributed by atoms with Crippen LogP contribution in [0.1, 0.15) is 25.3 Å². The minimum Gasteiger partial charge on any atom is -0.471 e. The van der Waals surface area contributed by atoms with Crippen molar-refractivity contribution in [3.63, 3.8) is 0 Å². The number of hydrogen-bond donors (Lipinski definition) is 0. The summed E-state index contributed by atoms with van der Waals surface area (Å²) in [5.74, 6) is -0.426. The van der Waals surface area contributed by atoms with E-state index in [0.29, 0.717) is 6.61 Å². The molecule has 1 unspecified atom stereocenters. The van der Waals surface area contributed by atoms with Gasteiger partial charge in [0.25, 0.3) is 0 Å². The highest BCUT2D eigenvalue weighted by Crippen LogP contribution is 2.23. The van der Waals surface area contributed by atoms with Crippen LogP contribution in [-0.2, 0) is 9.53 Å². The van der Waals surface area contributed by atoms with Crippen LogP contribution >= 0.6 is 0 Å². The van der Waals surface area contributed by atoms with Crippen LogP contribution < -0.4 is 0 Å². The van der Waals surface area contributed by atoms with Gasteiger partial charge in [0.15, 0.2) is 0 Å². The van der Waals surface area contributed by atoms with Crippen molar-refractivity contribution in [3.05, 3.63) is 36.3 Å². The molecule has 0 saturated heterocycles. The van der Waals surface area contributed by atoms with Gasteiger partial charge in [0.1, 0.15) is 0 Å². The van der Waals surface area contributed by atoms with E-state index in [4.69, 9.17) is 9.15 Å². The summed E-state index contributed by atoms with van der Waals surface area (Å²) in [5.41, 5.74) is 0.951. The number of ether oxygens (including phenoxy) is 1. The number of rotatable bonds is 3. The molecule has 0 radical (unpaired) electrons. The van der Waals surface area contributed by atoms with Crippen molar-refractivity contribution in [1.82, 2.24) is 0 Å². The number of carbonyl (C=O) groups is 1. The van der Waals surface area contributed by atoms with Crippen molar-refractivity contribution in [2.45, 2.75) is 19.8 Å². The summed E-state index contributed by atoms with van der Waals surface area (Å²) in [6, 6.07) is 5.84. The predicted octanol–water partition coefficient (Wildman–Crippen LogP) is 3.10. The lowest BCUT2D eigenvalue weighted by molar-refractivity contribution is -0.144. The average Bonchev–Trinajstić information content (AvgIpc) is 2.75. The van der Waals surface area contributed by atoms with Gasteiger partial charge < -0.3 is 9.15 Å². The van der Waals surface area contributed by atoms with Crippen LogP contribution in [0, 0.1) is 0 Å². The lowest BCUT2D eigenvalue weighted by atomic mass is 9.99. The zero-order chi connectivity index (χ0) is 11.5. The third-order valence-corrected chi connectivity index (χ3v) is 2.64. The summed E-state index contributed by atoms with van der Waals surface area (Å²) in [6.07, 6.45) is 3.37. The first-order valence-corrected chi connectivity index (χ1v) is 5.35. The maximum Gasteiger partial charge on any atom is 0.313 e. The van der Waals surface area contributed by atoms with Gasteiger partial charge in [-0.1, -0.05) is 12.1 Å². The smallest absolute Gasteiger partial charge is 0.313 e. The molecule has 1 aromatic heterocycles. The molecule has 3 heteroatoms. The highest BCUT2D eigenvalue weighted by molar-refractivity contribution is 5.84. The second-order valence-electron chi connectivity index (χ2n) is 3.73. The van der Waals surface area contributed by atoms with Gasteiger partial charge in [-0.25, -0.2) is 0 Å². The van der Waals surface area contributed by atoms with Gasteiger partial charge in [0.2, 0.25) is 0 Å². The number of furan rings is 1. The Bertz CT molecular complexity index is 499. The van der Waals surface area contributed by atoms with Crippen molar-refractivity contribution in [1.29, 1.82) is 0 Å². The van der Waals surface area contributed by atoms with E-state index in [1.54, 1.807) is 12.5 Å². The van der Waals surface area contributed by atoms with Crippen molar-refractivity contribution >= 4 is 16.7 Å². The summed E-state index contributed by atoms with van der Waals surface area (Å²) in [5, 5.41) is 2.05. The van der Waals surface area contributed by atoms with Crippen LogP contribution in [-0.4, -0.2) is 12.6 Å². The lowest BCUT2D eigenvalue weighted by Crippen LogP contribution is -2.12. The standard InChI is InChI=1S/C13H14O3/c1-3-16-13(14)9(2)10-4-5-11-7-15-8-12(11)6-10/h4-9H,3H2,1-2H3. The summed E-state index contributed by atoms with van der Waals surface area (Å²) in [7, 11) is 0. The third kappa shape index (κ3) is 1.94. The SMILES string of the molecule is CCOC(=O)C(C)c1ccc2cocc2c1. The molecule has 0 aliphatic heterocycles. The van der Waals surface area contributed by atoms with Gasteiger partial charge in [-0.3, -0.25) is 4.79 Å². The fraction of sp³-hybridized carbons (Fsp3) is 0.308. The molecule has 2 rings (SSSR count). The molecule has 0 bridgehead atoms. The van der Waals surface area contributed by atoms with Crippen LogP contribution in [0.15, 0.2) is 35.1 Å². The molecule has 1 heterocycles. The number of fused-ring (bicyclic) bond motifs is 1. The van der Waals surface area contributed by atoms with E-state index in [-0.39, 0.29) is 11.9 Å². The highest BCUT2D eigenvalue weighted by Gasteiger charge is 2.16. The summed E-state index contributed by atoms with van der Waals surface area (Å²) >= 11 is 0. The van der Waals surface area contributed by atoms with Gasteiger partial charge in [0, 0.05) is 10.8 Å². The van der Waals surface area contributed by atoms with E-state index in [9.17, 15) is 4.79 Å². The second kappa shape index (κ2) is 4.39. The molecule has 0 saturated carbocycles. The second-order valence-corrected chi connectivity index (χ2v) is 3.73. The normalized spacial score (nSPS) is 12.6. The molecule has 0 aliphatic carbocycles. The van der Waals surface area contributed by atoms with Crippen molar-refractivity contribution in [2.24, 2.45) is 0 Å². The van der Waals surface area contributed by atoms with Crippen LogP contribution in [0.4, 0.5) is 0 Å². The van der Waals surface area contributed by atoms with Crippen LogP contribution in [0.5, 0.6) is 0 Å². The molecule has 0 N–H and O–H groups in total. The Labute approximate surface area is 94.0 Å². The molecule has 0 aliphatic rings. The third-order valence-electron chi connectivity index (χ3n) is 2.64. The van der Waals surface area contributed by atoms with Crippen LogP contribution in [0.3, 0.4) is 0 Å². The molecular formula is C13H14O3. The maximum absolute atomic E-state index is 11.6. The molecule has 84 valence electrons. The average molecular weight is 218 g/mol. The molecule has 0 spiro atoms. The number of hydrogen-bond acceptors (Lipinski definition) is 3. The zero-order valence-corrected chi connectivity index (χ0v) is 9.40. The molecule has 0 amide bonds. The largest absolute Gasteiger partial charge is 0.471 e. The van der Waals surface area contributed by atoms with E-state index in [1.807, 2.05) is 32.0 Å². The first kappa shape index (κ1) is 10.7. The molecule has 16 heavy (non-hydrogen) atoms. The Morgan fingerprint density at radius 1 is 1.38 bits per heavy atom. The Hall–Kier alpha value is -1.77. The number of esters is 1. The van der Waals surface area contributed by atoms with Gasteiger partial charge in [-0.05, 0) is 25.5 Å². The molecule has 1 atom stereocenters. The zero-order valence-electron chi connectivity index (χ0n) is 9.40. The maximum atomic E-state index is 11.6. The first-order valence-electron chi connectivity index (χ1n) is 5.35. The van der Waals surface area contributed by atoms with E-state index in [0.717, 1.165) is 16.3 Å². The minimum atomic E-state index is -0.237. The van der Waals surface area contributed by atoms with Gasteiger partial charge >= 0.3 is 5.97 Å². The van der Waals surface area contributed by atoms with E-state index >= 15 is 0 Å². The fourth-order valence-corrected chi connectivity index (χ4v) is 1.66. The molecule has 2 aromatic rings. The van der Waals surface area contributed by atoms with Crippen LogP contribution in [0.2, 0.25) is 0 Å². The molecular weight excluding hydrogens is 204 g/mol.